The SMILES string of the molecule is Brc1ccc(-c2cccnc2-c2ccc(Br)cc2)cc1. The Hall–Kier alpha value is -1.45. The molecule has 0 radical (unpaired) electrons. The molecule has 3 rings (SSSR count). The maximum Gasteiger partial charge on any atom is 0.0780 e. The Kier molecular flexibility index (Phi) is 3.99. The molecular weight excluding hydrogens is 378 g/mol. The number of hydrogen-bond acceptors (Lipinski definition) is 1. The van der Waals surface area contributed by atoms with Gasteiger partial charge in [-0.15, -0.1) is 0 Å². The summed E-state index contributed by atoms with van der Waals surface area (Å²) in [5.41, 5.74) is 4.43. The molecule has 1 nitrogen and oxygen atoms in total. The summed E-state index contributed by atoms with van der Waals surface area (Å²) in [6.07, 6.45) is 1.83. The lowest BCUT2D eigenvalue weighted by molar-refractivity contribution is 1.32. The predicted molar refractivity (Wildman–Crippen MR) is 90.5 cm³/mol. The summed E-state index contributed by atoms with van der Waals surface area (Å²) < 4.78 is 2.15. The monoisotopic (exact) mass is 387 g/mol. The van der Waals surface area contributed by atoms with Crippen molar-refractivity contribution in [1.29, 1.82) is 0 Å². The molecule has 0 aliphatic carbocycles. The van der Waals surface area contributed by atoms with E-state index >= 15 is 0 Å². The smallest absolute Gasteiger partial charge is 0.0780 e. The van der Waals surface area contributed by atoms with Gasteiger partial charge in [0.2, 0.25) is 0 Å². The largest absolute Gasteiger partial charge is 0.256 e. The third kappa shape index (κ3) is 2.84. The van der Waals surface area contributed by atoms with Crippen molar-refractivity contribution in [2.24, 2.45) is 0 Å². The average Bonchev–Trinajstić information content (AvgIpc) is 2.49. The van der Waals surface area contributed by atoms with Crippen molar-refractivity contribution in [3.63, 3.8) is 0 Å². The van der Waals surface area contributed by atoms with E-state index in [-0.39, 0.29) is 0 Å². The molecule has 2 aromatic carbocycles. The van der Waals surface area contributed by atoms with Crippen LogP contribution in [-0.4, -0.2) is 4.98 Å². The summed E-state index contributed by atoms with van der Waals surface area (Å²) in [4.78, 5) is 4.55. The van der Waals surface area contributed by atoms with Gasteiger partial charge in [-0.2, -0.15) is 0 Å². The van der Waals surface area contributed by atoms with Gasteiger partial charge in [-0.05, 0) is 35.9 Å². The Bertz CT molecular complexity index is 654. The van der Waals surface area contributed by atoms with Gasteiger partial charge in [0.15, 0.2) is 0 Å². The van der Waals surface area contributed by atoms with Gasteiger partial charge in [-0.3, -0.25) is 4.98 Å². The molecule has 0 saturated heterocycles. The third-order valence-corrected chi connectivity index (χ3v) is 4.14. The summed E-state index contributed by atoms with van der Waals surface area (Å²) in [5.74, 6) is 0. The number of hydrogen-bond donors (Lipinski definition) is 0. The molecule has 3 heteroatoms. The van der Waals surface area contributed by atoms with Crippen molar-refractivity contribution in [2.75, 3.05) is 0 Å². The number of halogens is 2. The first-order valence-electron chi connectivity index (χ1n) is 6.21. The highest BCUT2D eigenvalue weighted by atomic mass is 79.9. The van der Waals surface area contributed by atoms with Crippen LogP contribution in [-0.2, 0) is 0 Å². The number of rotatable bonds is 2. The van der Waals surface area contributed by atoms with E-state index in [2.05, 4.69) is 67.2 Å². The predicted octanol–water partition coefficient (Wildman–Crippen LogP) is 5.94. The highest BCUT2D eigenvalue weighted by Crippen LogP contribution is 2.31. The van der Waals surface area contributed by atoms with Gasteiger partial charge in [0.05, 0.1) is 5.69 Å². The lowest BCUT2D eigenvalue weighted by Gasteiger charge is -2.09. The molecule has 0 amide bonds. The highest BCUT2D eigenvalue weighted by Gasteiger charge is 2.08. The van der Waals surface area contributed by atoms with Crippen LogP contribution in [0.4, 0.5) is 0 Å². The van der Waals surface area contributed by atoms with Crippen LogP contribution in [0.25, 0.3) is 22.4 Å². The summed E-state index contributed by atoms with van der Waals surface area (Å²) >= 11 is 6.93. The van der Waals surface area contributed by atoms with Crippen LogP contribution in [0.1, 0.15) is 0 Å². The fraction of sp³-hybridized carbons (Fsp3) is 0. The maximum atomic E-state index is 4.55. The molecule has 0 unspecified atom stereocenters. The van der Waals surface area contributed by atoms with E-state index in [9.17, 15) is 0 Å². The molecule has 0 aliphatic heterocycles. The lowest BCUT2D eigenvalue weighted by atomic mass is 10.00. The van der Waals surface area contributed by atoms with E-state index in [4.69, 9.17) is 0 Å². The number of pyridine rings is 1. The van der Waals surface area contributed by atoms with Crippen LogP contribution in [0.15, 0.2) is 75.8 Å². The molecule has 3 aromatic rings. The quantitative estimate of drug-likeness (QED) is 0.529. The minimum atomic E-state index is 1.00. The van der Waals surface area contributed by atoms with Crippen molar-refractivity contribution in [3.8, 4) is 22.4 Å². The van der Waals surface area contributed by atoms with Crippen LogP contribution in [0.2, 0.25) is 0 Å². The Labute approximate surface area is 135 Å². The van der Waals surface area contributed by atoms with Crippen LogP contribution < -0.4 is 0 Å². The lowest BCUT2D eigenvalue weighted by Crippen LogP contribution is -1.88. The van der Waals surface area contributed by atoms with E-state index in [0.717, 1.165) is 25.8 Å². The molecule has 0 fully saturated rings. The second-order valence-corrected chi connectivity index (χ2v) is 6.24. The molecule has 0 aliphatic rings. The first kappa shape index (κ1) is 13.5. The van der Waals surface area contributed by atoms with Crippen LogP contribution in [0, 0.1) is 0 Å². The molecule has 0 spiro atoms. The Morgan fingerprint density at radius 1 is 0.650 bits per heavy atom. The second-order valence-electron chi connectivity index (χ2n) is 4.41. The second kappa shape index (κ2) is 5.90. The summed E-state index contributed by atoms with van der Waals surface area (Å²) in [5, 5.41) is 0. The molecule has 0 atom stereocenters. The number of aromatic nitrogens is 1. The minimum absolute atomic E-state index is 1.00. The molecule has 0 saturated carbocycles. The molecular formula is C17H11Br2N. The zero-order chi connectivity index (χ0) is 13.9. The fourth-order valence-corrected chi connectivity index (χ4v) is 2.63. The van der Waals surface area contributed by atoms with Crippen molar-refractivity contribution in [2.45, 2.75) is 0 Å². The Morgan fingerprint density at radius 3 is 1.80 bits per heavy atom. The van der Waals surface area contributed by atoms with Gasteiger partial charge >= 0.3 is 0 Å². The summed E-state index contributed by atoms with van der Waals surface area (Å²) in [6, 6.07) is 20.6. The first-order chi connectivity index (χ1) is 9.74. The topological polar surface area (TPSA) is 12.9 Å². The fourth-order valence-electron chi connectivity index (χ4n) is 2.11. The normalized spacial score (nSPS) is 10.5. The van der Waals surface area contributed by atoms with Crippen LogP contribution in [0.3, 0.4) is 0 Å². The molecule has 0 bridgehead atoms. The maximum absolute atomic E-state index is 4.55. The van der Waals surface area contributed by atoms with Gasteiger partial charge in [0.1, 0.15) is 0 Å². The van der Waals surface area contributed by atoms with Gasteiger partial charge in [-0.25, -0.2) is 0 Å². The van der Waals surface area contributed by atoms with Crippen molar-refractivity contribution < 1.29 is 0 Å². The molecule has 1 aromatic heterocycles. The molecule has 98 valence electrons. The van der Waals surface area contributed by atoms with Crippen LogP contribution >= 0.6 is 31.9 Å². The van der Waals surface area contributed by atoms with E-state index in [1.807, 2.05) is 36.5 Å². The molecule has 0 N–H and O–H groups in total. The zero-order valence-electron chi connectivity index (χ0n) is 10.6. The van der Waals surface area contributed by atoms with E-state index in [1.165, 1.54) is 5.56 Å². The molecule has 20 heavy (non-hydrogen) atoms. The van der Waals surface area contributed by atoms with E-state index in [1.54, 1.807) is 0 Å². The van der Waals surface area contributed by atoms with Crippen molar-refractivity contribution >= 4 is 31.9 Å². The standard InChI is InChI=1S/C17H11Br2N/c18-14-7-3-12(4-8-14)16-2-1-11-20-17(16)13-5-9-15(19)10-6-13/h1-11H. The Balaban J connectivity index is 2.13. The zero-order valence-corrected chi connectivity index (χ0v) is 13.7. The number of nitrogens with zero attached hydrogens (tertiary/aromatic N) is 1. The first-order valence-corrected chi connectivity index (χ1v) is 7.79. The summed E-state index contributed by atoms with van der Waals surface area (Å²) in [7, 11) is 0. The number of benzene rings is 2. The van der Waals surface area contributed by atoms with Crippen LogP contribution in [0.5, 0.6) is 0 Å². The minimum Gasteiger partial charge on any atom is -0.256 e. The van der Waals surface area contributed by atoms with E-state index in [0.29, 0.717) is 0 Å². The van der Waals surface area contributed by atoms with Crippen molar-refractivity contribution in [1.82, 2.24) is 4.98 Å². The van der Waals surface area contributed by atoms with Gasteiger partial charge in [-0.1, -0.05) is 62.2 Å². The van der Waals surface area contributed by atoms with E-state index < -0.39 is 0 Å². The Morgan fingerprint density at radius 2 is 1.20 bits per heavy atom. The highest BCUT2D eigenvalue weighted by molar-refractivity contribution is 9.10. The van der Waals surface area contributed by atoms with Gasteiger partial charge in [0.25, 0.3) is 0 Å². The average molecular weight is 389 g/mol. The van der Waals surface area contributed by atoms with Gasteiger partial charge < -0.3 is 0 Å². The third-order valence-electron chi connectivity index (χ3n) is 3.08. The molecule has 1 heterocycles. The summed E-state index contributed by atoms with van der Waals surface area (Å²) in [6.45, 7) is 0. The van der Waals surface area contributed by atoms with Crippen molar-refractivity contribution in [3.05, 3.63) is 75.8 Å². The van der Waals surface area contributed by atoms with Gasteiger partial charge in [0, 0.05) is 26.3 Å².